The van der Waals surface area contributed by atoms with Crippen LogP contribution in [0.2, 0.25) is 0 Å². The maximum atomic E-state index is 5.78. The zero-order valence-electron chi connectivity index (χ0n) is 12.1. The highest BCUT2D eigenvalue weighted by molar-refractivity contribution is 5.77. The lowest BCUT2D eigenvalue weighted by Gasteiger charge is -2.31. The lowest BCUT2D eigenvalue weighted by atomic mass is 9.97. The summed E-state index contributed by atoms with van der Waals surface area (Å²) in [6.45, 7) is 8.25. The highest BCUT2D eigenvalue weighted by Gasteiger charge is 2.27. The van der Waals surface area contributed by atoms with Crippen molar-refractivity contribution in [1.29, 1.82) is 0 Å². The average Bonchev–Trinajstić information content (AvgIpc) is 2.33. The Kier molecular flexibility index (Phi) is 4.59. The summed E-state index contributed by atoms with van der Waals surface area (Å²) in [5, 5.41) is 3.43. The van der Waals surface area contributed by atoms with Crippen LogP contribution in [0, 0.1) is 0 Å². The number of hydrogen-bond donors (Lipinski definition) is 1. The van der Waals surface area contributed by atoms with Gasteiger partial charge in [-0.3, -0.25) is 0 Å². The number of aliphatic imine (C=N–C) groups is 1. The van der Waals surface area contributed by atoms with Crippen LogP contribution in [0.1, 0.15) is 39.2 Å². The molecular weight excluding hydrogens is 236 g/mol. The Morgan fingerprint density at radius 1 is 1.32 bits per heavy atom. The standard InChI is InChI=1S/C16H24N2O/c1-13-11-16(2,3)18-15(19-13)9-10-17-12-14-7-5-4-6-8-14/h4-8,13,17H,9-12H2,1-3H3. The molecule has 0 aromatic heterocycles. The molecule has 104 valence electrons. The van der Waals surface area contributed by atoms with Crippen LogP contribution in [0.3, 0.4) is 0 Å². The van der Waals surface area contributed by atoms with Gasteiger partial charge in [0.25, 0.3) is 0 Å². The summed E-state index contributed by atoms with van der Waals surface area (Å²) in [6, 6.07) is 10.4. The summed E-state index contributed by atoms with van der Waals surface area (Å²) in [5.74, 6) is 0.893. The van der Waals surface area contributed by atoms with Gasteiger partial charge < -0.3 is 10.1 Å². The maximum Gasteiger partial charge on any atom is 0.185 e. The van der Waals surface area contributed by atoms with Crippen molar-refractivity contribution in [3.8, 4) is 0 Å². The second kappa shape index (κ2) is 6.20. The highest BCUT2D eigenvalue weighted by atomic mass is 16.5. The SMILES string of the molecule is CC1CC(C)(C)N=C(CCNCc2ccccc2)O1. The fraction of sp³-hybridized carbons (Fsp3) is 0.562. The first-order chi connectivity index (χ1) is 9.05. The average molecular weight is 260 g/mol. The van der Waals surface area contributed by atoms with Crippen LogP contribution >= 0.6 is 0 Å². The number of rotatable bonds is 5. The van der Waals surface area contributed by atoms with Crippen molar-refractivity contribution < 1.29 is 4.74 Å². The molecule has 0 saturated heterocycles. The molecule has 0 amide bonds. The van der Waals surface area contributed by atoms with Crippen LogP contribution in [0.5, 0.6) is 0 Å². The second-order valence-electron chi connectivity index (χ2n) is 5.86. The van der Waals surface area contributed by atoms with E-state index in [2.05, 4.69) is 55.3 Å². The molecule has 19 heavy (non-hydrogen) atoms. The molecule has 0 fully saturated rings. The Balaban J connectivity index is 1.75. The Morgan fingerprint density at radius 3 is 2.74 bits per heavy atom. The third-order valence-corrected chi connectivity index (χ3v) is 3.24. The summed E-state index contributed by atoms with van der Waals surface area (Å²) in [4.78, 5) is 4.66. The number of nitrogens with one attached hydrogen (secondary N) is 1. The van der Waals surface area contributed by atoms with Gasteiger partial charge in [-0.1, -0.05) is 30.3 Å². The number of nitrogens with zero attached hydrogens (tertiary/aromatic N) is 1. The number of benzene rings is 1. The molecule has 1 aliphatic heterocycles. The Morgan fingerprint density at radius 2 is 2.05 bits per heavy atom. The van der Waals surface area contributed by atoms with Crippen LogP contribution in [0.4, 0.5) is 0 Å². The molecule has 1 unspecified atom stereocenters. The smallest absolute Gasteiger partial charge is 0.185 e. The van der Waals surface area contributed by atoms with E-state index in [0.29, 0.717) is 0 Å². The van der Waals surface area contributed by atoms with Crippen LogP contribution in [0.25, 0.3) is 0 Å². The molecule has 0 spiro atoms. The lowest BCUT2D eigenvalue weighted by molar-refractivity contribution is 0.139. The van der Waals surface area contributed by atoms with E-state index in [1.807, 2.05) is 6.07 Å². The normalized spacial score (nSPS) is 21.6. The minimum Gasteiger partial charge on any atom is -0.478 e. The van der Waals surface area contributed by atoms with Gasteiger partial charge in [0.05, 0.1) is 11.6 Å². The van der Waals surface area contributed by atoms with E-state index in [4.69, 9.17) is 4.74 Å². The highest BCUT2D eigenvalue weighted by Crippen LogP contribution is 2.24. The first kappa shape index (κ1) is 14.1. The van der Waals surface area contributed by atoms with Gasteiger partial charge in [-0.15, -0.1) is 0 Å². The minimum atomic E-state index is 0.0203. The predicted molar refractivity (Wildman–Crippen MR) is 79.4 cm³/mol. The van der Waals surface area contributed by atoms with Gasteiger partial charge in [-0.2, -0.15) is 0 Å². The lowest BCUT2D eigenvalue weighted by Crippen LogP contribution is -2.35. The molecule has 0 bridgehead atoms. The maximum absolute atomic E-state index is 5.78. The molecule has 3 heteroatoms. The van der Waals surface area contributed by atoms with Crippen LogP contribution in [-0.4, -0.2) is 24.1 Å². The van der Waals surface area contributed by atoms with Gasteiger partial charge in [0.2, 0.25) is 0 Å². The van der Waals surface area contributed by atoms with E-state index in [1.165, 1.54) is 5.56 Å². The number of ether oxygens (including phenoxy) is 1. The van der Waals surface area contributed by atoms with E-state index in [1.54, 1.807) is 0 Å². The van der Waals surface area contributed by atoms with Gasteiger partial charge in [-0.05, 0) is 26.3 Å². The van der Waals surface area contributed by atoms with Gasteiger partial charge >= 0.3 is 0 Å². The Hall–Kier alpha value is -1.35. The van der Waals surface area contributed by atoms with E-state index in [-0.39, 0.29) is 11.6 Å². The molecule has 1 heterocycles. The third-order valence-electron chi connectivity index (χ3n) is 3.24. The van der Waals surface area contributed by atoms with Gasteiger partial charge in [0, 0.05) is 25.9 Å². The molecule has 1 aliphatic rings. The van der Waals surface area contributed by atoms with Crippen molar-refractivity contribution in [2.75, 3.05) is 6.54 Å². The third kappa shape index (κ3) is 4.67. The summed E-state index contributed by atoms with van der Waals surface area (Å²) in [6.07, 6.45) is 2.13. The van der Waals surface area contributed by atoms with E-state index in [9.17, 15) is 0 Å². The second-order valence-corrected chi connectivity index (χ2v) is 5.86. The zero-order chi connectivity index (χ0) is 13.7. The molecule has 0 radical (unpaired) electrons. The zero-order valence-corrected chi connectivity index (χ0v) is 12.1. The van der Waals surface area contributed by atoms with E-state index < -0.39 is 0 Å². The van der Waals surface area contributed by atoms with Gasteiger partial charge in [0.1, 0.15) is 0 Å². The molecule has 3 nitrogen and oxygen atoms in total. The molecule has 1 aromatic carbocycles. The van der Waals surface area contributed by atoms with Crippen LogP contribution in [0.15, 0.2) is 35.3 Å². The number of hydrogen-bond acceptors (Lipinski definition) is 3. The summed E-state index contributed by atoms with van der Waals surface area (Å²) < 4.78 is 5.78. The monoisotopic (exact) mass is 260 g/mol. The molecule has 2 rings (SSSR count). The molecule has 1 atom stereocenters. The van der Waals surface area contributed by atoms with Crippen LogP contribution in [-0.2, 0) is 11.3 Å². The van der Waals surface area contributed by atoms with Crippen LogP contribution < -0.4 is 5.32 Å². The predicted octanol–water partition coefficient (Wildman–Crippen LogP) is 3.15. The molecule has 1 N–H and O–H groups in total. The van der Waals surface area contributed by atoms with Crippen molar-refractivity contribution in [1.82, 2.24) is 5.32 Å². The van der Waals surface area contributed by atoms with Crippen molar-refractivity contribution in [3.63, 3.8) is 0 Å². The van der Waals surface area contributed by atoms with Crippen molar-refractivity contribution >= 4 is 5.90 Å². The molecular formula is C16H24N2O. The first-order valence-electron chi connectivity index (χ1n) is 7.05. The topological polar surface area (TPSA) is 33.6 Å². The van der Waals surface area contributed by atoms with E-state index in [0.717, 1.165) is 31.8 Å². The summed E-state index contributed by atoms with van der Waals surface area (Å²) >= 11 is 0. The van der Waals surface area contributed by atoms with Crippen molar-refractivity contribution in [2.24, 2.45) is 4.99 Å². The molecule has 0 aliphatic carbocycles. The quantitative estimate of drug-likeness (QED) is 0.825. The largest absolute Gasteiger partial charge is 0.478 e. The fourth-order valence-corrected chi connectivity index (χ4v) is 2.53. The Labute approximate surface area is 116 Å². The van der Waals surface area contributed by atoms with Gasteiger partial charge in [-0.25, -0.2) is 4.99 Å². The first-order valence-corrected chi connectivity index (χ1v) is 7.05. The minimum absolute atomic E-state index is 0.0203. The van der Waals surface area contributed by atoms with Crippen molar-refractivity contribution in [2.45, 2.75) is 51.8 Å². The fourth-order valence-electron chi connectivity index (χ4n) is 2.53. The van der Waals surface area contributed by atoms with Crippen molar-refractivity contribution in [3.05, 3.63) is 35.9 Å². The molecule has 0 saturated carbocycles. The summed E-state index contributed by atoms with van der Waals surface area (Å²) in [7, 11) is 0. The van der Waals surface area contributed by atoms with Gasteiger partial charge in [0.15, 0.2) is 5.90 Å². The van der Waals surface area contributed by atoms with E-state index >= 15 is 0 Å². The summed E-state index contributed by atoms with van der Waals surface area (Å²) in [5.41, 5.74) is 1.33. The Bertz CT molecular complexity index is 426. The molecule has 1 aromatic rings.